The van der Waals surface area contributed by atoms with Crippen molar-refractivity contribution in [1.82, 2.24) is 0 Å². The molecule has 1 unspecified atom stereocenters. The Morgan fingerprint density at radius 3 is 2.65 bits per heavy atom. The Morgan fingerprint density at radius 2 is 1.95 bits per heavy atom. The fourth-order valence-electron chi connectivity index (χ4n) is 3.81. The van der Waals surface area contributed by atoms with Crippen molar-refractivity contribution in [1.29, 1.82) is 0 Å². The summed E-state index contributed by atoms with van der Waals surface area (Å²) in [7, 11) is 0. The lowest BCUT2D eigenvalue weighted by molar-refractivity contribution is -0.0679. The molecule has 3 rings (SSSR count). The van der Waals surface area contributed by atoms with E-state index in [1.165, 1.54) is 17.8 Å². The maximum Gasteiger partial charge on any atom is 0.0837 e. The molecule has 20 heavy (non-hydrogen) atoms. The molecule has 1 fully saturated rings. The Labute approximate surface area is 122 Å². The third-order valence-corrected chi connectivity index (χ3v) is 4.51. The van der Waals surface area contributed by atoms with Crippen LogP contribution in [0.4, 0.5) is 11.4 Å². The predicted octanol–water partition coefficient (Wildman–Crippen LogP) is 3.65. The van der Waals surface area contributed by atoms with E-state index in [-0.39, 0.29) is 11.2 Å². The van der Waals surface area contributed by atoms with Crippen LogP contribution in [0.5, 0.6) is 0 Å². The second kappa shape index (κ2) is 4.66. The van der Waals surface area contributed by atoms with Gasteiger partial charge in [0.25, 0.3) is 0 Å². The lowest BCUT2D eigenvalue weighted by atomic mass is 9.92. The molecule has 1 aromatic rings. The van der Waals surface area contributed by atoms with Crippen molar-refractivity contribution in [2.24, 2.45) is 0 Å². The molecule has 0 aliphatic carbocycles. The second-order valence-electron chi connectivity index (χ2n) is 7.18. The molecule has 0 bridgehead atoms. The Bertz CT molecular complexity index is 496. The van der Waals surface area contributed by atoms with Crippen molar-refractivity contribution < 1.29 is 4.74 Å². The number of nitrogens with zero attached hydrogens (tertiary/aromatic N) is 1. The minimum absolute atomic E-state index is 0.0388. The number of hydrogen-bond donors (Lipinski definition) is 1. The van der Waals surface area contributed by atoms with Gasteiger partial charge in [-0.25, -0.2) is 0 Å². The Balaban J connectivity index is 1.98. The molecule has 3 nitrogen and oxygen atoms in total. The number of rotatable bonds is 1. The minimum atomic E-state index is -0.110. The molecular weight excluding hydrogens is 248 g/mol. The van der Waals surface area contributed by atoms with Gasteiger partial charge < -0.3 is 15.0 Å². The third kappa shape index (κ3) is 2.39. The molecule has 0 aromatic heterocycles. The first kappa shape index (κ1) is 13.7. The molecule has 2 heterocycles. The SMILES string of the molecule is CC1(C)CC(N2CCCNc3ccccc32)C(C)(C)O1. The van der Waals surface area contributed by atoms with Crippen LogP contribution in [0.1, 0.15) is 40.5 Å². The Morgan fingerprint density at radius 1 is 1.20 bits per heavy atom. The van der Waals surface area contributed by atoms with E-state index in [4.69, 9.17) is 4.74 Å². The lowest BCUT2D eigenvalue weighted by Gasteiger charge is -2.37. The van der Waals surface area contributed by atoms with Gasteiger partial charge in [0, 0.05) is 13.1 Å². The molecule has 110 valence electrons. The average molecular weight is 274 g/mol. The van der Waals surface area contributed by atoms with E-state index >= 15 is 0 Å². The third-order valence-electron chi connectivity index (χ3n) is 4.51. The van der Waals surface area contributed by atoms with Crippen molar-refractivity contribution >= 4 is 11.4 Å². The largest absolute Gasteiger partial charge is 0.383 e. The minimum Gasteiger partial charge on any atom is -0.383 e. The molecule has 0 saturated carbocycles. The summed E-state index contributed by atoms with van der Waals surface area (Å²) in [4.78, 5) is 2.56. The molecule has 0 spiro atoms. The molecule has 1 N–H and O–H groups in total. The van der Waals surface area contributed by atoms with Gasteiger partial charge in [0.05, 0.1) is 28.6 Å². The lowest BCUT2D eigenvalue weighted by Crippen LogP contribution is -2.47. The van der Waals surface area contributed by atoms with Gasteiger partial charge in [0.1, 0.15) is 0 Å². The summed E-state index contributed by atoms with van der Waals surface area (Å²) in [5.41, 5.74) is 2.43. The van der Waals surface area contributed by atoms with Crippen LogP contribution in [0.15, 0.2) is 24.3 Å². The van der Waals surface area contributed by atoms with Crippen LogP contribution in [-0.2, 0) is 4.74 Å². The zero-order valence-electron chi connectivity index (χ0n) is 13.1. The molecule has 0 radical (unpaired) electrons. The molecule has 1 saturated heterocycles. The number of nitrogens with one attached hydrogen (secondary N) is 1. The quantitative estimate of drug-likeness (QED) is 0.846. The number of anilines is 2. The smallest absolute Gasteiger partial charge is 0.0837 e. The highest BCUT2D eigenvalue weighted by atomic mass is 16.5. The van der Waals surface area contributed by atoms with Gasteiger partial charge in [-0.05, 0) is 52.7 Å². The van der Waals surface area contributed by atoms with Crippen LogP contribution >= 0.6 is 0 Å². The summed E-state index contributed by atoms with van der Waals surface area (Å²) in [6, 6.07) is 9.08. The van der Waals surface area contributed by atoms with E-state index in [2.05, 4.69) is 62.2 Å². The summed E-state index contributed by atoms with van der Waals surface area (Å²) in [5.74, 6) is 0. The summed E-state index contributed by atoms with van der Waals surface area (Å²) in [6.07, 6.45) is 2.25. The number of benzene rings is 1. The number of para-hydroxylation sites is 2. The zero-order valence-corrected chi connectivity index (χ0v) is 13.1. The van der Waals surface area contributed by atoms with E-state index in [9.17, 15) is 0 Å². The van der Waals surface area contributed by atoms with E-state index < -0.39 is 0 Å². The average Bonchev–Trinajstić information content (AvgIpc) is 2.53. The van der Waals surface area contributed by atoms with Crippen LogP contribution in [0.2, 0.25) is 0 Å². The highest BCUT2D eigenvalue weighted by Crippen LogP contribution is 2.43. The van der Waals surface area contributed by atoms with Gasteiger partial charge in [-0.1, -0.05) is 12.1 Å². The van der Waals surface area contributed by atoms with E-state index in [0.29, 0.717) is 6.04 Å². The summed E-state index contributed by atoms with van der Waals surface area (Å²) >= 11 is 0. The molecule has 2 aliphatic heterocycles. The molecule has 2 aliphatic rings. The van der Waals surface area contributed by atoms with Crippen molar-refractivity contribution in [2.45, 2.75) is 57.8 Å². The van der Waals surface area contributed by atoms with Crippen LogP contribution in [0.3, 0.4) is 0 Å². The normalized spacial score (nSPS) is 27.6. The van der Waals surface area contributed by atoms with Crippen LogP contribution in [0.25, 0.3) is 0 Å². The fraction of sp³-hybridized carbons (Fsp3) is 0.647. The van der Waals surface area contributed by atoms with Crippen LogP contribution in [0, 0.1) is 0 Å². The predicted molar refractivity (Wildman–Crippen MR) is 84.5 cm³/mol. The molecule has 1 atom stereocenters. The first-order valence-electron chi connectivity index (χ1n) is 7.69. The standard InChI is InChI=1S/C17H26N2O/c1-16(2)12-15(17(3,4)20-16)19-11-7-10-18-13-8-5-6-9-14(13)19/h5-6,8-9,15,18H,7,10-12H2,1-4H3. The van der Waals surface area contributed by atoms with Crippen molar-refractivity contribution in [2.75, 3.05) is 23.3 Å². The van der Waals surface area contributed by atoms with Crippen molar-refractivity contribution in [3.63, 3.8) is 0 Å². The van der Waals surface area contributed by atoms with Crippen molar-refractivity contribution in [3.05, 3.63) is 24.3 Å². The monoisotopic (exact) mass is 274 g/mol. The van der Waals surface area contributed by atoms with Gasteiger partial charge in [0.15, 0.2) is 0 Å². The number of ether oxygens (including phenoxy) is 1. The summed E-state index contributed by atoms with van der Waals surface area (Å²) < 4.78 is 6.30. The molecular formula is C17H26N2O. The number of fused-ring (bicyclic) bond motifs is 1. The topological polar surface area (TPSA) is 24.5 Å². The van der Waals surface area contributed by atoms with Gasteiger partial charge in [-0.3, -0.25) is 0 Å². The van der Waals surface area contributed by atoms with Crippen LogP contribution in [-0.4, -0.2) is 30.3 Å². The first-order valence-corrected chi connectivity index (χ1v) is 7.69. The summed E-state index contributed by atoms with van der Waals surface area (Å²) in [6.45, 7) is 11.0. The summed E-state index contributed by atoms with van der Waals surface area (Å²) in [5, 5.41) is 3.54. The van der Waals surface area contributed by atoms with E-state index in [0.717, 1.165) is 19.5 Å². The zero-order chi connectivity index (χ0) is 14.4. The maximum absolute atomic E-state index is 6.30. The molecule has 1 aromatic carbocycles. The highest BCUT2D eigenvalue weighted by Gasteiger charge is 2.48. The Hall–Kier alpha value is -1.22. The fourth-order valence-corrected chi connectivity index (χ4v) is 3.81. The first-order chi connectivity index (χ1) is 9.39. The molecule has 3 heteroatoms. The second-order valence-corrected chi connectivity index (χ2v) is 7.18. The number of hydrogen-bond acceptors (Lipinski definition) is 3. The van der Waals surface area contributed by atoms with Gasteiger partial charge in [0.2, 0.25) is 0 Å². The maximum atomic E-state index is 6.30. The van der Waals surface area contributed by atoms with Crippen molar-refractivity contribution in [3.8, 4) is 0 Å². The Kier molecular flexibility index (Phi) is 3.20. The van der Waals surface area contributed by atoms with E-state index in [1.807, 2.05) is 0 Å². The van der Waals surface area contributed by atoms with Gasteiger partial charge in [-0.15, -0.1) is 0 Å². The van der Waals surface area contributed by atoms with Crippen LogP contribution < -0.4 is 10.2 Å². The molecule has 0 amide bonds. The van der Waals surface area contributed by atoms with Gasteiger partial charge >= 0.3 is 0 Å². The van der Waals surface area contributed by atoms with Gasteiger partial charge in [-0.2, -0.15) is 0 Å². The van der Waals surface area contributed by atoms with E-state index in [1.54, 1.807) is 0 Å². The highest BCUT2D eigenvalue weighted by molar-refractivity contribution is 5.71.